The zero-order chi connectivity index (χ0) is 22.2. The highest BCUT2D eigenvalue weighted by Gasteiger charge is 2.28. The second-order valence-corrected chi connectivity index (χ2v) is 9.19. The maximum Gasteiger partial charge on any atom is 0.144 e. The summed E-state index contributed by atoms with van der Waals surface area (Å²) < 4.78 is 14.1. The van der Waals surface area contributed by atoms with Crippen molar-refractivity contribution in [3.05, 3.63) is 36.5 Å². The molecule has 2 fully saturated rings. The molecule has 0 spiro atoms. The third kappa shape index (κ3) is 3.84. The van der Waals surface area contributed by atoms with Crippen molar-refractivity contribution in [2.75, 3.05) is 25.1 Å². The van der Waals surface area contributed by atoms with Gasteiger partial charge in [0, 0.05) is 36.9 Å². The minimum absolute atomic E-state index is 0.0679. The van der Waals surface area contributed by atoms with Gasteiger partial charge in [0.2, 0.25) is 0 Å². The number of imidazole rings is 1. The molecule has 7 heteroatoms. The summed E-state index contributed by atoms with van der Waals surface area (Å²) in [6, 6.07) is 11.3. The number of nitrogens with zero attached hydrogens (tertiary/aromatic N) is 4. The van der Waals surface area contributed by atoms with E-state index in [0.29, 0.717) is 18.6 Å². The van der Waals surface area contributed by atoms with Gasteiger partial charge < -0.3 is 24.3 Å². The first kappa shape index (κ1) is 21.2. The minimum atomic E-state index is 0.0679. The van der Waals surface area contributed by atoms with Crippen molar-refractivity contribution in [3.63, 3.8) is 0 Å². The number of morpholine rings is 1. The van der Waals surface area contributed by atoms with Crippen LogP contribution >= 0.6 is 0 Å². The number of benzene rings is 1. The van der Waals surface area contributed by atoms with E-state index in [2.05, 4.69) is 47.7 Å². The summed E-state index contributed by atoms with van der Waals surface area (Å²) in [6.07, 6.45) is 4.65. The first-order valence-electron chi connectivity index (χ1n) is 11.7. The van der Waals surface area contributed by atoms with Gasteiger partial charge in [-0.15, -0.1) is 0 Å². The van der Waals surface area contributed by atoms with Crippen LogP contribution in [0.2, 0.25) is 0 Å². The standard InChI is InChI=1S/C25H33N5O2/c1-16-8-9-17(2)30(16)23-11-10-19(13-27-23)25-28-21-6-5-7-22(31-4)24(21)29(25)15-20-14-26-12-18(3)32-20/h5-7,10-11,13,16-18,20,26H,8-9,12,14-15H2,1-4H3/t16-,17-,18-,20-/m0/s1. The molecule has 1 aromatic carbocycles. The molecule has 170 valence electrons. The quantitative estimate of drug-likeness (QED) is 0.657. The lowest BCUT2D eigenvalue weighted by molar-refractivity contribution is -0.0342. The van der Waals surface area contributed by atoms with Crippen molar-refractivity contribution in [3.8, 4) is 17.1 Å². The fourth-order valence-corrected chi connectivity index (χ4v) is 5.22. The Morgan fingerprint density at radius 3 is 2.59 bits per heavy atom. The Morgan fingerprint density at radius 2 is 1.91 bits per heavy atom. The first-order chi connectivity index (χ1) is 15.5. The van der Waals surface area contributed by atoms with Gasteiger partial charge in [-0.2, -0.15) is 0 Å². The van der Waals surface area contributed by atoms with E-state index in [1.165, 1.54) is 12.8 Å². The molecule has 2 saturated heterocycles. The fraction of sp³-hybridized carbons (Fsp3) is 0.520. The number of para-hydroxylation sites is 1. The Bertz CT molecular complexity index is 1070. The van der Waals surface area contributed by atoms with Gasteiger partial charge in [0.15, 0.2) is 0 Å². The Labute approximate surface area is 189 Å². The molecule has 4 heterocycles. The lowest BCUT2D eigenvalue weighted by atomic mass is 10.2. The normalized spacial score (nSPS) is 26.1. The third-order valence-electron chi connectivity index (χ3n) is 6.79. The highest BCUT2D eigenvalue weighted by Crippen LogP contribution is 2.33. The van der Waals surface area contributed by atoms with Crippen LogP contribution in [-0.2, 0) is 11.3 Å². The minimum Gasteiger partial charge on any atom is -0.494 e. The summed E-state index contributed by atoms with van der Waals surface area (Å²) in [6.45, 7) is 9.08. The molecule has 0 unspecified atom stereocenters. The Hall–Kier alpha value is -2.64. The number of aromatic nitrogens is 3. The summed E-state index contributed by atoms with van der Waals surface area (Å²) in [5.41, 5.74) is 2.92. The summed E-state index contributed by atoms with van der Waals surface area (Å²) in [4.78, 5) is 12.3. The number of rotatable bonds is 5. The van der Waals surface area contributed by atoms with Crippen molar-refractivity contribution >= 4 is 16.9 Å². The molecule has 2 aliphatic rings. The predicted molar refractivity (Wildman–Crippen MR) is 127 cm³/mol. The number of anilines is 1. The fourth-order valence-electron chi connectivity index (χ4n) is 5.22. The van der Waals surface area contributed by atoms with Crippen molar-refractivity contribution in [2.45, 2.75) is 64.4 Å². The van der Waals surface area contributed by atoms with Gasteiger partial charge in [0.1, 0.15) is 22.9 Å². The summed E-state index contributed by atoms with van der Waals surface area (Å²) in [7, 11) is 1.71. The van der Waals surface area contributed by atoms with E-state index in [4.69, 9.17) is 19.4 Å². The van der Waals surface area contributed by atoms with Crippen molar-refractivity contribution < 1.29 is 9.47 Å². The summed E-state index contributed by atoms with van der Waals surface area (Å²) in [5.74, 6) is 2.76. The van der Waals surface area contributed by atoms with Crippen LogP contribution in [0.5, 0.6) is 5.75 Å². The number of hydrogen-bond donors (Lipinski definition) is 1. The van der Waals surface area contributed by atoms with E-state index >= 15 is 0 Å². The van der Waals surface area contributed by atoms with Crippen LogP contribution in [0.25, 0.3) is 22.4 Å². The van der Waals surface area contributed by atoms with Gasteiger partial charge in [-0.05, 0) is 57.9 Å². The molecule has 2 aromatic heterocycles. The van der Waals surface area contributed by atoms with Crippen LogP contribution in [0.15, 0.2) is 36.5 Å². The number of methoxy groups -OCH3 is 1. The zero-order valence-electron chi connectivity index (χ0n) is 19.4. The average molecular weight is 436 g/mol. The molecule has 0 aliphatic carbocycles. The second kappa shape index (κ2) is 8.71. The number of nitrogens with one attached hydrogen (secondary N) is 1. The van der Waals surface area contributed by atoms with Crippen LogP contribution in [0.4, 0.5) is 5.82 Å². The molecule has 4 atom stereocenters. The average Bonchev–Trinajstić information content (AvgIpc) is 3.33. The lowest BCUT2D eigenvalue weighted by Gasteiger charge is -2.29. The number of hydrogen-bond acceptors (Lipinski definition) is 6. The van der Waals surface area contributed by atoms with Gasteiger partial charge in [0.05, 0.1) is 31.4 Å². The van der Waals surface area contributed by atoms with Crippen LogP contribution in [0, 0.1) is 0 Å². The number of fused-ring (bicyclic) bond motifs is 1. The maximum atomic E-state index is 6.21. The molecule has 0 amide bonds. The van der Waals surface area contributed by atoms with E-state index < -0.39 is 0 Å². The van der Waals surface area contributed by atoms with Crippen LogP contribution in [0.3, 0.4) is 0 Å². The van der Waals surface area contributed by atoms with Crippen LogP contribution < -0.4 is 15.0 Å². The Balaban J connectivity index is 1.54. The van der Waals surface area contributed by atoms with Gasteiger partial charge in [-0.3, -0.25) is 0 Å². The van der Waals surface area contributed by atoms with Crippen LogP contribution in [-0.4, -0.2) is 59.0 Å². The SMILES string of the molecule is COc1cccc2nc(-c3ccc(N4[C@@H](C)CC[C@@H]4C)nc3)n(C[C@@H]3CNC[C@H](C)O3)c12. The Morgan fingerprint density at radius 1 is 1.09 bits per heavy atom. The second-order valence-electron chi connectivity index (χ2n) is 9.19. The Kier molecular flexibility index (Phi) is 5.78. The lowest BCUT2D eigenvalue weighted by Crippen LogP contribution is -2.45. The molecule has 5 rings (SSSR count). The molecule has 2 aliphatic heterocycles. The molecule has 7 nitrogen and oxygen atoms in total. The van der Waals surface area contributed by atoms with Gasteiger partial charge >= 0.3 is 0 Å². The van der Waals surface area contributed by atoms with Gasteiger partial charge in [-0.1, -0.05) is 6.07 Å². The summed E-state index contributed by atoms with van der Waals surface area (Å²) in [5, 5.41) is 3.47. The molecular weight excluding hydrogens is 402 g/mol. The summed E-state index contributed by atoms with van der Waals surface area (Å²) >= 11 is 0. The van der Waals surface area contributed by atoms with Crippen molar-refractivity contribution in [1.82, 2.24) is 19.9 Å². The van der Waals surface area contributed by atoms with E-state index in [1.54, 1.807) is 7.11 Å². The largest absolute Gasteiger partial charge is 0.494 e. The smallest absolute Gasteiger partial charge is 0.144 e. The van der Waals surface area contributed by atoms with E-state index in [0.717, 1.165) is 47.1 Å². The van der Waals surface area contributed by atoms with E-state index in [1.807, 2.05) is 24.4 Å². The molecule has 0 saturated carbocycles. The molecule has 0 radical (unpaired) electrons. The topological polar surface area (TPSA) is 64.4 Å². The molecule has 3 aromatic rings. The van der Waals surface area contributed by atoms with Crippen molar-refractivity contribution in [1.29, 1.82) is 0 Å². The molecule has 1 N–H and O–H groups in total. The highest BCUT2D eigenvalue weighted by atomic mass is 16.5. The number of ether oxygens (including phenoxy) is 2. The predicted octanol–water partition coefficient (Wildman–Crippen LogP) is 3.86. The van der Waals surface area contributed by atoms with Crippen LogP contribution in [0.1, 0.15) is 33.6 Å². The molecular formula is C25H33N5O2. The molecule has 32 heavy (non-hydrogen) atoms. The third-order valence-corrected chi connectivity index (χ3v) is 6.79. The maximum absolute atomic E-state index is 6.21. The number of pyridine rings is 1. The first-order valence-corrected chi connectivity index (χ1v) is 11.7. The zero-order valence-corrected chi connectivity index (χ0v) is 19.4. The van der Waals surface area contributed by atoms with E-state index in [-0.39, 0.29) is 12.2 Å². The highest BCUT2D eigenvalue weighted by molar-refractivity contribution is 5.86. The van der Waals surface area contributed by atoms with E-state index in [9.17, 15) is 0 Å². The molecule has 0 bridgehead atoms. The van der Waals surface area contributed by atoms with Crippen molar-refractivity contribution in [2.24, 2.45) is 0 Å². The van der Waals surface area contributed by atoms with Gasteiger partial charge in [-0.25, -0.2) is 9.97 Å². The van der Waals surface area contributed by atoms with Gasteiger partial charge in [0.25, 0.3) is 0 Å². The monoisotopic (exact) mass is 435 g/mol.